The molecule has 4 aromatic rings. The molecule has 0 aliphatic carbocycles. The second-order valence-electron chi connectivity index (χ2n) is 6.04. The Balaban J connectivity index is 0.000000166. The molecule has 0 unspecified atom stereocenters. The molecule has 0 saturated heterocycles. The van der Waals surface area contributed by atoms with Crippen molar-refractivity contribution < 1.29 is 0 Å². The third-order valence-corrected chi connectivity index (χ3v) is 5.02. The van der Waals surface area contributed by atoms with Crippen LogP contribution in [0.25, 0.3) is 22.0 Å². The molecule has 0 atom stereocenters. The molecule has 27 heavy (non-hydrogen) atoms. The first-order valence-electron chi connectivity index (χ1n) is 9.04. The maximum atomic E-state index is 5.73. The van der Waals surface area contributed by atoms with E-state index in [2.05, 4.69) is 58.4 Å². The summed E-state index contributed by atoms with van der Waals surface area (Å²) in [6, 6.07) is 16.4. The van der Waals surface area contributed by atoms with Gasteiger partial charge in [0.15, 0.2) is 0 Å². The molecule has 4 nitrogen and oxygen atoms in total. The Kier molecular flexibility index (Phi) is 6.39. The number of hydrogen-bond donors (Lipinski definition) is 1. The first kappa shape index (κ1) is 18.9. The Bertz CT molecular complexity index is 956. The summed E-state index contributed by atoms with van der Waals surface area (Å²) in [7, 11) is 0. The van der Waals surface area contributed by atoms with Gasteiger partial charge < -0.3 is 10.6 Å². The fraction of sp³-hybridized carbons (Fsp3) is 0.182. The van der Waals surface area contributed by atoms with Gasteiger partial charge in [-0.15, -0.1) is 11.3 Å². The number of rotatable bonds is 4. The van der Waals surface area contributed by atoms with Crippen LogP contribution in [-0.4, -0.2) is 23.1 Å². The molecule has 2 aromatic carbocycles. The van der Waals surface area contributed by atoms with E-state index in [1.807, 2.05) is 36.0 Å². The van der Waals surface area contributed by atoms with Gasteiger partial charge in [-0.1, -0.05) is 24.3 Å². The zero-order valence-electron chi connectivity index (χ0n) is 15.7. The molecular formula is C22H24N4S. The third kappa shape index (κ3) is 4.63. The van der Waals surface area contributed by atoms with Crippen LogP contribution in [0.15, 0.2) is 71.8 Å². The van der Waals surface area contributed by atoms with Gasteiger partial charge in [-0.25, -0.2) is 4.98 Å². The quantitative estimate of drug-likeness (QED) is 0.480. The minimum absolute atomic E-state index is 0.810. The van der Waals surface area contributed by atoms with Gasteiger partial charge in [0.1, 0.15) is 0 Å². The van der Waals surface area contributed by atoms with Crippen molar-refractivity contribution in [2.45, 2.75) is 13.8 Å². The van der Waals surface area contributed by atoms with E-state index >= 15 is 0 Å². The number of thiazole rings is 1. The van der Waals surface area contributed by atoms with Crippen molar-refractivity contribution in [3.05, 3.63) is 71.8 Å². The van der Waals surface area contributed by atoms with Gasteiger partial charge in [0.2, 0.25) is 0 Å². The first-order chi connectivity index (χ1) is 13.2. The van der Waals surface area contributed by atoms with E-state index in [1.165, 1.54) is 11.3 Å². The fourth-order valence-corrected chi connectivity index (χ4v) is 3.50. The van der Waals surface area contributed by atoms with Gasteiger partial charge in [-0.3, -0.25) is 4.98 Å². The van der Waals surface area contributed by atoms with E-state index in [0.717, 1.165) is 35.2 Å². The Morgan fingerprint density at radius 1 is 1.00 bits per heavy atom. The van der Waals surface area contributed by atoms with Crippen LogP contribution in [0, 0.1) is 0 Å². The topological polar surface area (TPSA) is 55.0 Å². The lowest BCUT2D eigenvalue weighted by Crippen LogP contribution is -2.21. The fourth-order valence-electron chi connectivity index (χ4n) is 2.93. The summed E-state index contributed by atoms with van der Waals surface area (Å²) < 4.78 is 0. The van der Waals surface area contributed by atoms with Crippen LogP contribution in [0.4, 0.5) is 11.4 Å². The molecule has 0 radical (unpaired) electrons. The Labute approximate surface area is 164 Å². The smallest absolute Gasteiger partial charge is 0.0811 e. The lowest BCUT2D eigenvalue weighted by Gasteiger charge is -2.20. The molecule has 0 aliphatic heterocycles. The Morgan fingerprint density at radius 2 is 1.78 bits per heavy atom. The number of benzene rings is 2. The molecule has 138 valence electrons. The number of anilines is 2. The summed E-state index contributed by atoms with van der Waals surface area (Å²) in [6.45, 7) is 6.45. The SMILES string of the molecule is CCN(CC)c1ccc(-c2cscn2)cc1.Nc1cccc2cnccc12. The van der Waals surface area contributed by atoms with Gasteiger partial charge in [-0.05, 0) is 38.1 Å². The van der Waals surface area contributed by atoms with Gasteiger partial charge in [-0.2, -0.15) is 0 Å². The average Bonchev–Trinajstić information content (AvgIpc) is 3.25. The Hall–Kier alpha value is -2.92. The van der Waals surface area contributed by atoms with Gasteiger partial charge in [0.05, 0.1) is 11.2 Å². The van der Waals surface area contributed by atoms with E-state index in [9.17, 15) is 0 Å². The number of nitrogens with zero attached hydrogens (tertiary/aromatic N) is 3. The zero-order valence-corrected chi connectivity index (χ0v) is 16.5. The zero-order chi connectivity index (χ0) is 19.1. The van der Waals surface area contributed by atoms with Gasteiger partial charge in [0.25, 0.3) is 0 Å². The van der Waals surface area contributed by atoms with Crippen molar-refractivity contribution in [1.29, 1.82) is 0 Å². The van der Waals surface area contributed by atoms with Gasteiger partial charge >= 0.3 is 0 Å². The number of pyridine rings is 1. The molecule has 0 fully saturated rings. The Morgan fingerprint density at radius 3 is 2.41 bits per heavy atom. The largest absolute Gasteiger partial charge is 0.398 e. The summed E-state index contributed by atoms with van der Waals surface area (Å²) in [4.78, 5) is 10.6. The van der Waals surface area contributed by atoms with Gasteiger partial charge in [0, 0.05) is 58.6 Å². The van der Waals surface area contributed by atoms with Crippen LogP contribution in [0.3, 0.4) is 0 Å². The molecule has 2 N–H and O–H groups in total. The minimum atomic E-state index is 0.810. The maximum Gasteiger partial charge on any atom is 0.0811 e. The second-order valence-corrected chi connectivity index (χ2v) is 6.76. The monoisotopic (exact) mass is 376 g/mol. The number of nitrogen functional groups attached to an aromatic ring is 1. The second kappa shape index (κ2) is 9.14. The standard InChI is InChI=1S/C13H16N2S.C9H8N2/c1-3-15(4-2)12-7-5-11(6-8-12)13-9-16-10-14-13;10-9-3-1-2-7-6-11-5-4-8(7)9/h5-10H,3-4H2,1-2H3;1-6H,10H2. The molecular weight excluding hydrogens is 352 g/mol. The van der Waals surface area contributed by atoms with E-state index in [0.29, 0.717) is 0 Å². The minimum Gasteiger partial charge on any atom is -0.398 e. The van der Waals surface area contributed by atoms with Crippen molar-refractivity contribution in [2.75, 3.05) is 23.7 Å². The number of fused-ring (bicyclic) bond motifs is 1. The van der Waals surface area contributed by atoms with Crippen LogP contribution in [-0.2, 0) is 0 Å². The van der Waals surface area contributed by atoms with Crippen molar-refractivity contribution >= 4 is 33.5 Å². The number of aromatic nitrogens is 2. The maximum absolute atomic E-state index is 5.73. The van der Waals surface area contributed by atoms with Crippen molar-refractivity contribution in [1.82, 2.24) is 9.97 Å². The molecule has 0 amide bonds. The van der Waals surface area contributed by atoms with Crippen LogP contribution in [0.2, 0.25) is 0 Å². The number of nitrogens with two attached hydrogens (primary N) is 1. The highest BCUT2D eigenvalue weighted by atomic mass is 32.1. The van der Waals surface area contributed by atoms with Crippen LogP contribution in [0.1, 0.15) is 13.8 Å². The highest BCUT2D eigenvalue weighted by Crippen LogP contribution is 2.22. The number of hydrogen-bond acceptors (Lipinski definition) is 5. The summed E-state index contributed by atoms with van der Waals surface area (Å²) in [6.07, 6.45) is 3.56. The summed E-state index contributed by atoms with van der Waals surface area (Å²) in [5.41, 5.74) is 11.9. The van der Waals surface area contributed by atoms with E-state index in [-0.39, 0.29) is 0 Å². The van der Waals surface area contributed by atoms with Crippen LogP contribution in [0.5, 0.6) is 0 Å². The lowest BCUT2D eigenvalue weighted by molar-refractivity contribution is 0.866. The van der Waals surface area contributed by atoms with E-state index in [4.69, 9.17) is 5.73 Å². The third-order valence-electron chi connectivity index (χ3n) is 4.44. The molecule has 5 heteroatoms. The van der Waals surface area contributed by atoms with E-state index in [1.54, 1.807) is 17.5 Å². The predicted octanol–water partition coefficient (Wildman–Crippen LogP) is 5.47. The highest BCUT2D eigenvalue weighted by molar-refractivity contribution is 7.07. The molecule has 0 aliphatic rings. The molecule has 0 spiro atoms. The molecule has 4 rings (SSSR count). The normalized spacial score (nSPS) is 10.3. The van der Waals surface area contributed by atoms with Crippen molar-refractivity contribution in [3.63, 3.8) is 0 Å². The van der Waals surface area contributed by atoms with Crippen molar-refractivity contribution in [3.8, 4) is 11.3 Å². The summed E-state index contributed by atoms with van der Waals surface area (Å²) in [5, 5.41) is 4.24. The molecule has 2 heterocycles. The van der Waals surface area contributed by atoms with Crippen LogP contribution >= 0.6 is 11.3 Å². The van der Waals surface area contributed by atoms with Crippen molar-refractivity contribution in [2.24, 2.45) is 0 Å². The summed E-state index contributed by atoms with van der Waals surface area (Å²) >= 11 is 1.63. The predicted molar refractivity (Wildman–Crippen MR) is 117 cm³/mol. The average molecular weight is 377 g/mol. The summed E-state index contributed by atoms with van der Waals surface area (Å²) in [5.74, 6) is 0. The van der Waals surface area contributed by atoms with E-state index < -0.39 is 0 Å². The molecule has 2 aromatic heterocycles. The molecule has 0 saturated carbocycles. The first-order valence-corrected chi connectivity index (χ1v) is 9.99. The lowest BCUT2D eigenvalue weighted by atomic mass is 10.1. The van der Waals surface area contributed by atoms with Crippen LogP contribution < -0.4 is 10.6 Å². The molecule has 0 bridgehead atoms. The highest BCUT2D eigenvalue weighted by Gasteiger charge is 2.03.